The van der Waals surface area contributed by atoms with Crippen LogP contribution in [0.25, 0.3) is 0 Å². The minimum Gasteiger partial charge on any atom is -0.493 e. The molecule has 1 fully saturated rings. The van der Waals surface area contributed by atoms with Crippen molar-refractivity contribution in [3.05, 3.63) is 64.7 Å². The zero-order chi connectivity index (χ0) is 23.9. The molecule has 2 atom stereocenters. The highest BCUT2D eigenvalue weighted by atomic mass is 31.1. The molecule has 0 aromatic heterocycles. The molecule has 0 amide bonds. The molecule has 3 N–H and O–H groups in total. The highest BCUT2D eigenvalue weighted by Crippen LogP contribution is 2.40. The zero-order valence-electron chi connectivity index (χ0n) is 18.4. The highest BCUT2D eigenvalue weighted by Gasteiger charge is 2.35. The van der Waals surface area contributed by atoms with Crippen LogP contribution in [0.1, 0.15) is 53.9 Å². The number of hydrogen-bond donors (Lipinski definition) is 2. The van der Waals surface area contributed by atoms with Gasteiger partial charge in [-0.15, -0.1) is 4.52 Å². The number of benzene rings is 2. The molecule has 0 saturated heterocycles. The van der Waals surface area contributed by atoms with Gasteiger partial charge < -0.3 is 15.6 Å². The molecule has 0 radical (unpaired) electrons. The average Bonchev–Trinajstić information content (AvgIpc) is 3.65. The van der Waals surface area contributed by atoms with Gasteiger partial charge in [-0.3, -0.25) is 0 Å². The van der Waals surface area contributed by atoms with E-state index in [2.05, 4.69) is 12.1 Å². The zero-order valence-corrected chi connectivity index (χ0v) is 19.4. The fourth-order valence-electron chi connectivity index (χ4n) is 3.72. The molecular formula is C24H30F3NO4P+. The Labute approximate surface area is 193 Å². The van der Waals surface area contributed by atoms with Gasteiger partial charge in [0.15, 0.2) is 0 Å². The maximum atomic E-state index is 13.6. The lowest BCUT2D eigenvalue weighted by Crippen LogP contribution is -2.47. The minimum atomic E-state index is -4.56. The summed E-state index contributed by atoms with van der Waals surface area (Å²) in [6, 6.07) is 12.3. The summed E-state index contributed by atoms with van der Waals surface area (Å²) in [6.45, 7) is -0.406. The van der Waals surface area contributed by atoms with Gasteiger partial charge in [0, 0.05) is 0 Å². The molecular weight excluding hydrogens is 454 g/mol. The Morgan fingerprint density at radius 1 is 1.09 bits per heavy atom. The summed E-state index contributed by atoms with van der Waals surface area (Å²) in [4.78, 5) is 0. The Hall–Kier alpha value is -1.99. The molecule has 1 saturated carbocycles. The van der Waals surface area contributed by atoms with Crippen LogP contribution in [-0.2, 0) is 28.1 Å². The summed E-state index contributed by atoms with van der Waals surface area (Å²) in [5, 5.41) is 9.46. The summed E-state index contributed by atoms with van der Waals surface area (Å²) in [6.07, 6.45) is -0.389. The van der Waals surface area contributed by atoms with E-state index in [1.807, 2.05) is 12.1 Å². The molecule has 0 aliphatic heterocycles. The molecule has 5 nitrogen and oxygen atoms in total. The van der Waals surface area contributed by atoms with Gasteiger partial charge in [-0.25, -0.2) is 0 Å². The van der Waals surface area contributed by atoms with Gasteiger partial charge in [0.2, 0.25) is 0 Å². The first-order valence-electron chi connectivity index (χ1n) is 11.0. The number of aryl methyl sites for hydroxylation is 2. The number of hydrogen-bond acceptors (Lipinski definition) is 5. The first-order valence-corrected chi connectivity index (χ1v) is 11.9. The number of nitrogens with two attached hydrogens (primary N) is 1. The maximum Gasteiger partial charge on any atom is 0.494 e. The van der Waals surface area contributed by atoms with Crippen molar-refractivity contribution < 1.29 is 32.1 Å². The predicted molar refractivity (Wildman–Crippen MR) is 121 cm³/mol. The Morgan fingerprint density at radius 2 is 1.85 bits per heavy atom. The number of aliphatic hydroxyl groups excluding tert-OH is 1. The molecule has 0 spiro atoms. The van der Waals surface area contributed by atoms with Crippen molar-refractivity contribution >= 4 is 8.69 Å². The number of rotatable bonds is 13. The predicted octanol–water partition coefficient (Wildman–Crippen LogP) is 5.17. The van der Waals surface area contributed by atoms with Gasteiger partial charge in [0.25, 0.3) is 0 Å². The summed E-state index contributed by atoms with van der Waals surface area (Å²) in [7, 11) is -1.02. The topological polar surface area (TPSA) is 81.8 Å². The first kappa shape index (κ1) is 25.6. The minimum absolute atomic E-state index is 0.150. The highest BCUT2D eigenvalue weighted by molar-refractivity contribution is 7.17. The standard InChI is InChI=1S/C24H30F3NO4P/c25-24(26,27)21-14-18(10-11-23(28,15-29)16-32-33-30)6-9-22(21)31-12-2-4-17-3-1-5-20(13-17)19-7-8-19/h1,3,5-6,9,13-14,19,29,33H,2,4,7-8,10-12,15-16,28H2/q+1. The van der Waals surface area contributed by atoms with Gasteiger partial charge in [0.05, 0.1) is 24.3 Å². The SMILES string of the molecule is NC(CO)(CCc1ccc(OCCCc2cccc(C3CC3)c2)c(C(F)(F)F)c1)CO[PH+]=O. The van der Waals surface area contributed by atoms with Crippen LogP contribution in [0.5, 0.6) is 5.75 Å². The molecule has 1 aliphatic rings. The van der Waals surface area contributed by atoms with E-state index in [1.54, 1.807) is 6.07 Å². The Morgan fingerprint density at radius 3 is 2.52 bits per heavy atom. The van der Waals surface area contributed by atoms with E-state index in [-0.39, 0.29) is 31.8 Å². The molecule has 2 unspecified atom stereocenters. The molecule has 2 aromatic carbocycles. The Bertz CT molecular complexity index is 936. The third-order valence-corrected chi connectivity index (χ3v) is 6.12. The second kappa shape index (κ2) is 11.4. The molecule has 1 aliphatic carbocycles. The van der Waals surface area contributed by atoms with E-state index in [0.717, 1.165) is 12.5 Å². The number of aliphatic hydroxyl groups is 1. The summed E-state index contributed by atoms with van der Waals surface area (Å²) < 4.78 is 61.7. The van der Waals surface area contributed by atoms with E-state index in [0.29, 0.717) is 17.9 Å². The van der Waals surface area contributed by atoms with E-state index in [9.17, 15) is 22.8 Å². The summed E-state index contributed by atoms with van der Waals surface area (Å²) in [5.41, 5.74) is 6.90. The molecule has 33 heavy (non-hydrogen) atoms. The third-order valence-electron chi connectivity index (χ3n) is 5.86. The largest absolute Gasteiger partial charge is 0.494 e. The molecule has 0 bridgehead atoms. The van der Waals surface area contributed by atoms with Crippen molar-refractivity contribution in [3.63, 3.8) is 0 Å². The summed E-state index contributed by atoms with van der Waals surface area (Å²) >= 11 is 0. The van der Waals surface area contributed by atoms with Crippen LogP contribution in [0.3, 0.4) is 0 Å². The van der Waals surface area contributed by atoms with E-state index < -0.39 is 32.6 Å². The van der Waals surface area contributed by atoms with Crippen LogP contribution in [-0.4, -0.2) is 30.5 Å². The van der Waals surface area contributed by atoms with Crippen molar-refractivity contribution in [1.82, 2.24) is 0 Å². The average molecular weight is 484 g/mol. The molecule has 180 valence electrons. The second-order valence-electron chi connectivity index (χ2n) is 8.69. The van der Waals surface area contributed by atoms with Crippen LogP contribution < -0.4 is 10.5 Å². The van der Waals surface area contributed by atoms with E-state index in [4.69, 9.17) is 15.0 Å². The molecule has 9 heteroatoms. The lowest BCUT2D eigenvalue weighted by Gasteiger charge is -2.24. The van der Waals surface area contributed by atoms with Gasteiger partial charge >= 0.3 is 14.9 Å². The van der Waals surface area contributed by atoms with Gasteiger partial charge in [-0.2, -0.15) is 13.2 Å². The van der Waals surface area contributed by atoms with E-state index >= 15 is 0 Å². The van der Waals surface area contributed by atoms with Crippen LogP contribution in [0.4, 0.5) is 13.2 Å². The monoisotopic (exact) mass is 484 g/mol. The maximum absolute atomic E-state index is 13.6. The molecule has 3 rings (SSSR count). The summed E-state index contributed by atoms with van der Waals surface area (Å²) in [5.74, 6) is 0.463. The van der Waals surface area contributed by atoms with Crippen molar-refractivity contribution in [2.45, 2.75) is 56.2 Å². The molecule has 2 aromatic rings. The van der Waals surface area contributed by atoms with Crippen LogP contribution in [0, 0.1) is 0 Å². The Kier molecular flexibility index (Phi) is 8.88. The number of alkyl halides is 3. The van der Waals surface area contributed by atoms with E-state index in [1.165, 1.54) is 30.0 Å². The van der Waals surface area contributed by atoms with Crippen molar-refractivity contribution in [1.29, 1.82) is 0 Å². The first-order chi connectivity index (χ1) is 15.7. The van der Waals surface area contributed by atoms with Crippen molar-refractivity contribution in [2.24, 2.45) is 5.73 Å². The van der Waals surface area contributed by atoms with Gasteiger partial charge in [0.1, 0.15) is 12.4 Å². The lowest BCUT2D eigenvalue weighted by atomic mass is 9.93. The Balaban J connectivity index is 1.58. The quantitative estimate of drug-likeness (QED) is 0.303. The van der Waals surface area contributed by atoms with Crippen LogP contribution >= 0.6 is 8.69 Å². The lowest BCUT2D eigenvalue weighted by molar-refractivity contribution is -0.139. The normalized spacial score (nSPS) is 16.0. The fourth-order valence-corrected chi connectivity index (χ4v) is 4.07. The van der Waals surface area contributed by atoms with Gasteiger partial charge in [-0.05, 0) is 77.8 Å². The molecule has 0 heterocycles. The third kappa shape index (κ3) is 7.78. The van der Waals surface area contributed by atoms with Crippen LogP contribution in [0.2, 0.25) is 0 Å². The van der Waals surface area contributed by atoms with Gasteiger partial charge in [-0.1, -0.05) is 30.3 Å². The smallest absolute Gasteiger partial charge is 0.493 e. The number of halogens is 3. The van der Waals surface area contributed by atoms with Crippen molar-refractivity contribution in [2.75, 3.05) is 19.8 Å². The second-order valence-corrected chi connectivity index (χ2v) is 9.15. The van der Waals surface area contributed by atoms with Crippen LogP contribution in [0.15, 0.2) is 42.5 Å². The number of ether oxygens (including phenoxy) is 1. The fraction of sp³-hybridized carbons (Fsp3) is 0.500. The van der Waals surface area contributed by atoms with Crippen molar-refractivity contribution in [3.8, 4) is 5.75 Å².